The highest BCUT2D eigenvalue weighted by Crippen LogP contribution is 2.36. The Labute approximate surface area is 194 Å². The van der Waals surface area contributed by atoms with E-state index in [0.717, 1.165) is 48.5 Å². The van der Waals surface area contributed by atoms with Crippen LogP contribution in [0.1, 0.15) is 24.0 Å². The minimum absolute atomic E-state index is 0.360. The van der Waals surface area contributed by atoms with Crippen molar-refractivity contribution in [1.29, 1.82) is 0 Å². The molecular weight excluding hydrogens is 418 g/mol. The van der Waals surface area contributed by atoms with E-state index in [4.69, 9.17) is 4.74 Å². The molecule has 3 aromatic carbocycles. The van der Waals surface area contributed by atoms with Crippen molar-refractivity contribution in [2.24, 2.45) is 5.92 Å². The standard InChI is InChI=1S/C28H30F2N2O/c1-33-27-9-5-3-7-22(27)18-31-28-19-12-14-32(15-13-19)26(28)17-20-6-2-4-8-23(20)21-10-11-24(29)25(30)16-21/h2-11,16,19,26,28,31H,12-15,17-18H2,1H3. The molecule has 3 aromatic rings. The second kappa shape index (κ2) is 9.62. The van der Waals surface area contributed by atoms with Gasteiger partial charge >= 0.3 is 0 Å². The molecule has 1 N–H and O–H groups in total. The molecule has 33 heavy (non-hydrogen) atoms. The first-order valence-electron chi connectivity index (χ1n) is 11.8. The molecule has 0 spiro atoms. The highest BCUT2D eigenvalue weighted by atomic mass is 19.2. The quantitative estimate of drug-likeness (QED) is 0.521. The second-order valence-corrected chi connectivity index (χ2v) is 9.15. The smallest absolute Gasteiger partial charge is 0.159 e. The van der Waals surface area contributed by atoms with Crippen molar-refractivity contribution < 1.29 is 13.5 Å². The zero-order valence-corrected chi connectivity index (χ0v) is 18.9. The first-order valence-corrected chi connectivity index (χ1v) is 11.8. The van der Waals surface area contributed by atoms with Gasteiger partial charge in [-0.05, 0) is 73.2 Å². The van der Waals surface area contributed by atoms with Gasteiger partial charge in [0.25, 0.3) is 0 Å². The molecule has 172 valence electrons. The van der Waals surface area contributed by atoms with Crippen LogP contribution in [0.5, 0.6) is 5.75 Å². The van der Waals surface area contributed by atoms with Crippen molar-refractivity contribution in [2.45, 2.75) is 37.9 Å². The van der Waals surface area contributed by atoms with Gasteiger partial charge < -0.3 is 10.1 Å². The highest BCUT2D eigenvalue weighted by Gasteiger charge is 2.42. The lowest BCUT2D eigenvalue weighted by Gasteiger charge is -2.51. The monoisotopic (exact) mass is 448 g/mol. The van der Waals surface area contributed by atoms with Crippen molar-refractivity contribution in [2.75, 3.05) is 20.2 Å². The van der Waals surface area contributed by atoms with Gasteiger partial charge in [0.15, 0.2) is 11.6 Å². The average molecular weight is 449 g/mol. The number of hydrogen-bond donors (Lipinski definition) is 1. The van der Waals surface area contributed by atoms with Crippen LogP contribution in [0, 0.1) is 17.6 Å². The Morgan fingerprint density at radius 3 is 2.39 bits per heavy atom. The van der Waals surface area contributed by atoms with Crippen molar-refractivity contribution in [3.8, 4) is 16.9 Å². The molecule has 6 rings (SSSR count). The molecule has 0 saturated carbocycles. The van der Waals surface area contributed by atoms with Crippen LogP contribution in [0.15, 0.2) is 66.7 Å². The lowest BCUT2D eigenvalue weighted by Crippen LogP contribution is -2.63. The molecule has 3 heterocycles. The summed E-state index contributed by atoms with van der Waals surface area (Å²) >= 11 is 0. The third kappa shape index (κ3) is 4.53. The molecular formula is C28H30F2N2O. The van der Waals surface area contributed by atoms with Gasteiger partial charge in [-0.2, -0.15) is 0 Å². The number of nitrogens with zero attached hydrogens (tertiary/aromatic N) is 1. The largest absolute Gasteiger partial charge is 0.496 e. The summed E-state index contributed by atoms with van der Waals surface area (Å²) in [6.07, 6.45) is 3.30. The number of methoxy groups -OCH3 is 1. The highest BCUT2D eigenvalue weighted by molar-refractivity contribution is 5.67. The summed E-state index contributed by atoms with van der Waals surface area (Å²) in [6.45, 7) is 3.01. The van der Waals surface area contributed by atoms with Gasteiger partial charge in [0.05, 0.1) is 7.11 Å². The average Bonchev–Trinajstić information content (AvgIpc) is 2.86. The molecule has 0 amide bonds. The number of para-hydroxylation sites is 1. The minimum atomic E-state index is -0.812. The van der Waals surface area contributed by atoms with Gasteiger partial charge in [0, 0.05) is 24.2 Å². The van der Waals surface area contributed by atoms with E-state index < -0.39 is 11.6 Å². The number of hydrogen-bond acceptors (Lipinski definition) is 3. The van der Waals surface area contributed by atoms with E-state index in [1.54, 1.807) is 13.2 Å². The number of benzene rings is 3. The van der Waals surface area contributed by atoms with E-state index in [9.17, 15) is 8.78 Å². The zero-order valence-electron chi connectivity index (χ0n) is 18.9. The van der Waals surface area contributed by atoms with Crippen LogP contribution in [0.2, 0.25) is 0 Å². The SMILES string of the molecule is COc1ccccc1CNC1C2CCN(CC2)C1Cc1ccccc1-c1ccc(F)c(F)c1. The van der Waals surface area contributed by atoms with Crippen molar-refractivity contribution >= 4 is 0 Å². The summed E-state index contributed by atoms with van der Waals surface area (Å²) in [4.78, 5) is 2.60. The van der Waals surface area contributed by atoms with Crippen molar-refractivity contribution in [3.63, 3.8) is 0 Å². The third-order valence-corrected chi connectivity index (χ3v) is 7.36. The molecule has 2 bridgehead atoms. The lowest BCUT2D eigenvalue weighted by atomic mass is 9.76. The Balaban J connectivity index is 1.40. The summed E-state index contributed by atoms with van der Waals surface area (Å²) < 4.78 is 33.0. The molecule has 3 fully saturated rings. The first kappa shape index (κ1) is 22.1. The van der Waals surface area contributed by atoms with Crippen LogP contribution in [0.25, 0.3) is 11.1 Å². The molecule has 0 aromatic heterocycles. The maximum Gasteiger partial charge on any atom is 0.159 e. The Hall–Kier alpha value is -2.76. The fourth-order valence-electron chi connectivity index (χ4n) is 5.66. The number of nitrogens with one attached hydrogen (secondary N) is 1. The number of rotatable bonds is 7. The summed E-state index contributed by atoms with van der Waals surface area (Å²) in [5.41, 5.74) is 4.03. The van der Waals surface area contributed by atoms with E-state index in [2.05, 4.69) is 22.3 Å². The van der Waals surface area contributed by atoms with Gasteiger partial charge in [-0.25, -0.2) is 8.78 Å². The lowest BCUT2D eigenvalue weighted by molar-refractivity contribution is 0.0127. The molecule has 3 aliphatic heterocycles. The van der Waals surface area contributed by atoms with Crippen LogP contribution in [-0.2, 0) is 13.0 Å². The van der Waals surface area contributed by atoms with Gasteiger partial charge in [0.2, 0.25) is 0 Å². The summed E-state index contributed by atoms with van der Waals surface area (Å²) in [5, 5.41) is 3.86. The minimum Gasteiger partial charge on any atom is -0.496 e. The van der Waals surface area contributed by atoms with Crippen molar-refractivity contribution in [3.05, 3.63) is 89.5 Å². The number of fused-ring (bicyclic) bond motifs is 3. The molecule has 3 nitrogen and oxygen atoms in total. The molecule has 0 aliphatic carbocycles. The Kier molecular flexibility index (Phi) is 6.43. The Bertz CT molecular complexity index is 1110. The normalized spacial score (nSPS) is 24.1. The van der Waals surface area contributed by atoms with Crippen LogP contribution < -0.4 is 10.1 Å². The van der Waals surface area contributed by atoms with Gasteiger partial charge in [-0.3, -0.25) is 4.90 Å². The molecule has 5 heteroatoms. The van der Waals surface area contributed by atoms with E-state index in [1.807, 2.05) is 36.4 Å². The summed E-state index contributed by atoms with van der Waals surface area (Å²) in [6, 6.07) is 21.2. The summed E-state index contributed by atoms with van der Waals surface area (Å²) in [5.74, 6) is -0.0664. The van der Waals surface area contributed by atoms with Crippen molar-refractivity contribution in [1.82, 2.24) is 10.2 Å². The fourth-order valence-corrected chi connectivity index (χ4v) is 5.66. The number of piperidine rings is 3. The number of ether oxygens (including phenoxy) is 1. The van der Waals surface area contributed by atoms with Gasteiger partial charge in [-0.1, -0.05) is 48.5 Å². The Morgan fingerprint density at radius 1 is 0.909 bits per heavy atom. The first-order chi connectivity index (χ1) is 16.1. The summed E-state index contributed by atoms with van der Waals surface area (Å²) in [7, 11) is 1.71. The molecule has 2 unspecified atom stereocenters. The maximum atomic E-state index is 14.0. The zero-order chi connectivity index (χ0) is 22.8. The molecule has 3 aliphatic rings. The predicted molar refractivity (Wildman–Crippen MR) is 127 cm³/mol. The van der Waals surface area contributed by atoms with Crippen LogP contribution in [-0.4, -0.2) is 37.2 Å². The third-order valence-electron chi connectivity index (χ3n) is 7.36. The number of halogens is 2. The fraction of sp³-hybridized carbons (Fsp3) is 0.357. The predicted octanol–water partition coefficient (Wildman–Crippen LogP) is 5.44. The van der Waals surface area contributed by atoms with E-state index >= 15 is 0 Å². The molecule has 0 radical (unpaired) electrons. The van der Waals surface area contributed by atoms with Gasteiger partial charge in [0.1, 0.15) is 5.75 Å². The van der Waals surface area contributed by atoms with E-state index in [1.165, 1.54) is 30.5 Å². The van der Waals surface area contributed by atoms with E-state index in [0.29, 0.717) is 18.0 Å². The maximum absolute atomic E-state index is 14.0. The topological polar surface area (TPSA) is 24.5 Å². The van der Waals surface area contributed by atoms with Crippen LogP contribution in [0.4, 0.5) is 8.78 Å². The van der Waals surface area contributed by atoms with E-state index in [-0.39, 0.29) is 0 Å². The van der Waals surface area contributed by atoms with Gasteiger partial charge in [-0.15, -0.1) is 0 Å². The molecule has 2 atom stereocenters. The molecule has 3 saturated heterocycles. The Morgan fingerprint density at radius 2 is 1.64 bits per heavy atom. The van der Waals surface area contributed by atoms with Crippen LogP contribution >= 0.6 is 0 Å². The van der Waals surface area contributed by atoms with Crippen LogP contribution in [0.3, 0.4) is 0 Å². The second-order valence-electron chi connectivity index (χ2n) is 9.15.